The number of hydrogen-bond acceptors (Lipinski definition) is 3. The van der Waals surface area contributed by atoms with Crippen LogP contribution < -0.4 is 5.32 Å². The van der Waals surface area contributed by atoms with E-state index in [0.717, 1.165) is 52.0 Å². The quantitative estimate of drug-likeness (QED) is 0.831. The molecule has 1 unspecified atom stereocenters. The first-order valence-corrected chi connectivity index (χ1v) is 8.49. The molecule has 0 bridgehead atoms. The monoisotopic (exact) mass is 279 g/mol. The second-order valence-corrected chi connectivity index (χ2v) is 6.82. The second kappa shape index (κ2) is 6.02. The van der Waals surface area contributed by atoms with Gasteiger partial charge in [0.25, 0.3) is 0 Å². The molecule has 3 saturated heterocycles. The third-order valence-electron chi connectivity index (χ3n) is 5.82. The summed E-state index contributed by atoms with van der Waals surface area (Å²) in [6.45, 7) is 8.47. The van der Waals surface area contributed by atoms with Crippen molar-refractivity contribution in [3.63, 3.8) is 0 Å². The highest BCUT2D eigenvalue weighted by atomic mass is 16.2. The van der Waals surface area contributed by atoms with E-state index in [0.29, 0.717) is 11.9 Å². The number of carbonyl (C=O) groups is 1. The molecule has 1 N–H and O–H groups in total. The fourth-order valence-electron chi connectivity index (χ4n) is 4.30. The van der Waals surface area contributed by atoms with Gasteiger partial charge in [0.15, 0.2) is 0 Å². The predicted octanol–water partition coefficient (Wildman–Crippen LogP) is 1.46. The number of carbonyl (C=O) groups excluding carboxylic acids is 1. The van der Waals surface area contributed by atoms with E-state index in [1.807, 2.05) is 0 Å². The molecule has 3 heterocycles. The highest BCUT2D eigenvalue weighted by Gasteiger charge is 2.42. The van der Waals surface area contributed by atoms with Gasteiger partial charge in [-0.2, -0.15) is 0 Å². The summed E-state index contributed by atoms with van der Waals surface area (Å²) >= 11 is 0. The fourth-order valence-corrected chi connectivity index (χ4v) is 4.30. The lowest BCUT2D eigenvalue weighted by molar-refractivity contribution is -0.147. The third kappa shape index (κ3) is 2.60. The summed E-state index contributed by atoms with van der Waals surface area (Å²) in [5.74, 6) is 0.451. The maximum Gasteiger partial charge on any atom is 0.228 e. The van der Waals surface area contributed by atoms with Crippen molar-refractivity contribution in [2.75, 3.05) is 39.3 Å². The van der Waals surface area contributed by atoms with Crippen LogP contribution in [0.2, 0.25) is 0 Å². The summed E-state index contributed by atoms with van der Waals surface area (Å²) in [4.78, 5) is 17.9. The Labute approximate surface area is 122 Å². The largest absolute Gasteiger partial charge is 0.339 e. The average Bonchev–Trinajstić information content (AvgIpc) is 2.54. The summed E-state index contributed by atoms with van der Waals surface area (Å²) in [6.07, 6.45) is 7.00. The Morgan fingerprint density at radius 3 is 2.75 bits per heavy atom. The molecule has 0 spiro atoms. The van der Waals surface area contributed by atoms with Gasteiger partial charge in [-0.3, -0.25) is 9.69 Å². The van der Waals surface area contributed by atoms with Gasteiger partial charge in [-0.1, -0.05) is 13.3 Å². The number of piperidine rings is 2. The Morgan fingerprint density at radius 1 is 1.20 bits per heavy atom. The van der Waals surface area contributed by atoms with E-state index in [1.54, 1.807) is 0 Å². The van der Waals surface area contributed by atoms with Crippen LogP contribution in [0.3, 0.4) is 0 Å². The summed E-state index contributed by atoms with van der Waals surface area (Å²) in [5, 5.41) is 3.40. The molecule has 4 nitrogen and oxygen atoms in total. The van der Waals surface area contributed by atoms with E-state index < -0.39 is 0 Å². The standard InChI is InChI=1S/C16H29N3O/c1-2-16(6-8-17-9-7-16)15(20)19-12-11-18-10-4-3-5-14(18)13-19/h14,17H,2-13H2,1H3. The molecule has 0 aromatic heterocycles. The molecule has 3 aliphatic rings. The van der Waals surface area contributed by atoms with Crippen LogP contribution in [-0.4, -0.2) is 61.0 Å². The number of fused-ring (bicyclic) bond motifs is 1. The number of nitrogens with one attached hydrogen (secondary N) is 1. The van der Waals surface area contributed by atoms with Crippen LogP contribution in [0.1, 0.15) is 45.4 Å². The van der Waals surface area contributed by atoms with Gasteiger partial charge in [-0.05, 0) is 51.7 Å². The van der Waals surface area contributed by atoms with Crippen LogP contribution in [-0.2, 0) is 4.79 Å². The highest BCUT2D eigenvalue weighted by Crippen LogP contribution is 2.35. The van der Waals surface area contributed by atoms with E-state index in [2.05, 4.69) is 22.0 Å². The van der Waals surface area contributed by atoms with Gasteiger partial charge < -0.3 is 10.2 Å². The molecule has 0 aromatic carbocycles. The normalized spacial score (nSPS) is 30.9. The number of piperazine rings is 1. The molecule has 0 aliphatic carbocycles. The Balaban J connectivity index is 1.67. The van der Waals surface area contributed by atoms with Crippen molar-refractivity contribution in [1.29, 1.82) is 0 Å². The molecule has 3 rings (SSSR count). The van der Waals surface area contributed by atoms with Gasteiger partial charge in [-0.25, -0.2) is 0 Å². The van der Waals surface area contributed by atoms with Crippen molar-refractivity contribution < 1.29 is 4.79 Å². The summed E-state index contributed by atoms with van der Waals surface area (Å²) in [7, 11) is 0. The minimum absolute atomic E-state index is 0.0674. The molecule has 4 heteroatoms. The Bertz CT molecular complexity index is 352. The van der Waals surface area contributed by atoms with Crippen molar-refractivity contribution in [3.05, 3.63) is 0 Å². The van der Waals surface area contributed by atoms with Gasteiger partial charge in [0.05, 0.1) is 5.41 Å². The zero-order chi connectivity index (χ0) is 14.0. The van der Waals surface area contributed by atoms with Crippen LogP contribution in [0.25, 0.3) is 0 Å². The van der Waals surface area contributed by atoms with Crippen molar-refractivity contribution in [3.8, 4) is 0 Å². The molecule has 0 aromatic rings. The molecule has 0 saturated carbocycles. The predicted molar refractivity (Wildman–Crippen MR) is 80.6 cm³/mol. The van der Waals surface area contributed by atoms with E-state index in [1.165, 1.54) is 25.8 Å². The van der Waals surface area contributed by atoms with Crippen molar-refractivity contribution in [1.82, 2.24) is 15.1 Å². The number of hydrogen-bond donors (Lipinski definition) is 1. The van der Waals surface area contributed by atoms with Gasteiger partial charge in [0.2, 0.25) is 5.91 Å². The molecule has 3 fully saturated rings. The summed E-state index contributed by atoms with van der Waals surface area (Å²) < 4.78 is 0. The molecule has 1 amide bonds. The van der Waals surface area contributed by atoms with E-state index >= 15 is 0 Å². The van der Waals surface area contributed by atoms with Crippen LogP contribution in [0.4, 0.5) is 0 Å². The second-order valence-electron chi connectivity index (χ2n) is 6.82. The highest BCUT2D eigenvalue weighted by molar-refractivity contribution is 5.83. The molecule has 3 aliphatic heterocycles. The molecule has 1 atom stereocenters. The zero-order valence-electron chi connectivity index (χ0n) is 12.9. The summed E-state index contributed by atoms with van der Waals surface area (Å²) in [6, 6.07) is 0.636. The maximum atomic E-state index is 13.1. The lowest BCUT2D eigenvalue weighted by Gasteiger charge is -2.47. The van der Waals surface area contributed by atoms with E-state index in [-0.39, 0.29) is 5.41 Å². The Morgan fingerprint density at radius 2 is 2.00 bits per heavy atom. The SMILES string of the molecule is CCC1(C(=O)N2CCN3CCCCC3C2)CCNCC1. The first kappa shape index (κ1) is 14.3. The first-order valence-electron chi connectivity index (χ1n) is 8.49. The van der Waals surface area contributed by atoms with Gasteiger partial charge >= 0.3 is 0 Å². The lowest BCUT2D eigenvalue weighted by Crippen LogP contribution is -2.59. The Hall–Kier alpha value is -0.610. The van der Waals surface area contributed by atoms with Crippen LogP contribution in [0.15, 0.2) is 0 Å². The van der Waals surface area contributed by atoms with Crippen LogP contribution in [0.5, 0.6) is 0 Å². The van der Waals surface area contributed by atoms with Gasteiger partial charge in [0, 0.05) is 25.7 Å². The first-order chi connectivity index (χ1) is 9.75. The topological polar surface area (TPSA) is 35.6 Å². The fraction of sp³-hybridized carbons (Fsp3) is 0.938. The molecule has 20 heavy (non-hydrogen) atoms. The number of rotatable bonds is 2. The van der Waals surface area contributed by atoms with Gasteiger partial charge in [-0.15, -0.1) is 0 Å². The van der Waals surface area contributed by atoms with E-state index in [4.69, 9.17) is 0 Å². The van der Waals surface area contributed by atoms with Crippen molar-refractivity contribution in [2.24, 2.45) is 5.41 Å². The lowest BCUT2D eigenvalue weighted by atomic mass is 9.75. The third-order valence-corrected chi connectivity index (χ3v) is 5.82. The minimum Gasteiger partial charge on any atom is -0.339 e. The van der Waals surface area contributed by atoms with Crippen molar-refractivity contribution in [2.45, 2.75) is 51.5 Å². The van der Waals surface area contributed by atoms with Gasteiger partial charge in [0.1, 0.15) is 0 Å². The minimum atomic E-state index is -0.0674. The van der Waals surface area contributed by atoms with Crippen LogP contribution in [0, 0.1) is 5.41 Å². The summed E-state index contributed by atoms with van der Waals surface area (Å²) in [5.41, 5.74) is -0.0674. The van der Waals surface area contributed by atoms with Crippen LogP contribution >= 0.6 is 0 Å². The van der Waals surface area contributed by atoms with Crippen molar-refractivity contribution >= 4 is 5.91 Å². The smallest absolute Gasteiger partial charge is 0.228 e. The molecular weight excluding hydrogens is 250 g/mol. The molecular formula is C16H29N3O. The maximum absolute atomic E-state index is 13.1. The molecule has 114 valence electrons. The average molecular weight is 279 g/mol. The van der Waals surface area contributed by atoms with E-state index in [9.17, 15) is 4.79 Å². The Kier molecular flexibility index (Phi) is 4.32. The molecule has 0 radical (unpaired) electrons. The zero-order valence-corrected chi connectivity index (χ0v) is 12.9. The number of nitrogens with zero attached hydrogens (tertiary/aromatic N) is 2. The number of amides is 1.